The van der Waals surface area contributed by atoms with Gasteiger partial charge in [-0.1, -0.05) is 49.4 Å². The maximum absolute atomic E-state index is 5.72. The summed E-state index contributed by atoms with van der Waals surface area (Å²) in [5.41, 5.74) is 2.23. The van der Waals surface area contributed by atoms with Crippen LogP contribution in [0.25, 0.3) is 0 Å². The second-order valence-electron chi connectivity index (χ2n) is 5.67. The molecule has 1 unspecified atom stereocenters. The maximum Gasteiger partial charge on any atom is 0.0569 e. The van der Waals surface area contributed by atoms with Crippen LogP contribution in [0.1, 0.15) is 18.4 Å². The number of hydrogen-bond acceptors (Lipinski definition) is 1. The molecule has 0 amide bonds. The second-order valence-corrected chi connectivity index (χ2v) is 5.67. The van der Waals surface area contributed by atoms with E-state index in [2.05, 4.69) is 49.4 Å². The van der Waals surface area contributed by atoms with Gasteiger partial charge in [0.15, 0.2) is 0 Å². The molecule has 4 rings (SSSR count). The Labute approximate surface area is 96.1 Å². The Morgan fingerprint density at radius 1 is 1.19 bits per heavy atom. The Morgan fingerprint density at radius 2 is 2.00 bits per heavy atom. The van der Waals surface area contributed by atoms with Gasteiger partial charge < -0.3 is 4.74 Å². The fraction of sp³-hybridized carbons (Fsp3) is 0.467. The lowest BCUT2D eigenvalue weighted by atomic mass is 9.33. The van der Waals surface area contributed by atoms with E-state index in [1.807, 2.05) is 0 Å². The van der Waals surface area contributed by atoms with Crippen LogP contribution in [-0.4, -0.2) is 13.2 Å². The molecule has 2 fully saturated rings. The smallest absolute Gasteiger partial charge is 0.0569 e. The first kappa shape index (κ1) is 9.00. The maximum atomic E-state index is 5.72. The molecule has 4 atom stereocenters. The zero-order valence-electron chi connectivity index (χ0n) is 9.52. The zero-order chi connectivity index (χ0) is 10.8. The summed E-state index contributed by atoms with van der Waals surface area (Å²) in [6, 6.07) is 10.9. The zero-order valence-corrected chi connectivity index (χ0v) is 9.52. The van der Waals surface area contributed by atoms with E-state index in [0.29, 0.717) is 22.7 Å². The summed E-state index contributed by atoms with van der Waals surface area (Å²) in [5, 5.41) is 0. The Bertz CT molecular complexity index is 464. The van der Waals surface area contributed by atoms with Crippen LogP contribution in [0.5, 0.6) is 0 Å². The van der Waals surface area contributed by atoms with E-state index in [0.717, 1.165) is 13.2 Å². The van der Waals surface area contributed by atoms with Gasteiger partial charge in [0.1, 0.15) is 0 Å². The van der Waals surface area contributed by atoms with Gasteiger partial charge in [0.05, 0.1) is 13.2 Å². The molecule has 1 aliphatic heterocycles. The lowest BCUT2D eigenvalue weighted by molar-refractivity contribution is -0.0826. The summed E-state index contributed by atoms with van der Waals surface area (Å²) in [6.45, 7) is 4.28. The molecule has 3 aliphatic rings. The topological polar surface area (TPSA) is 9.23 Å². The van der Waals surface area contributed by atoms with Crippen LogP contribution in [-0.2, 0) is 4.74 Å². The Balaban J connectivity index is 1.80. The highest BCUT2D eigenvalue weighted by Gasteiger charge is 2.73. The van der Waals surface area contributed by atoms with Crippen LogP contribution < -0.4 is 0 Å². The minimum atomic E-state index is 0.357. The minimum absolute atomic E-state index is 0.357. The molecular weight excluding hydrogens is 196 g/mol. The van der Waals surface area contributed by atoms with Crippen molar-refractivity contribution in [3.8, 4) is 0 Å². The Hall–Kier alpha value is -1.08. The summed E-state index contributed by atoms with van der Waals surface area (Å²) < 4.78 is 5.72. The molecular formula is C15H16O. The van der Waals surface area contributed by atoms with Gasteiger partial charge in [0.2, 0.25) is 0 Å². The molecule has 1 saturated carbocycles. The summed E-state index contributed by atoms with van der Waals surface area (Å²) in [6.07, 6.45) is 4.79. The van der Waals surface area contributed by atoms with Crippen molar-refractivity contribution >= 4 is 0 Å². The molecule has 1 spiro atoms. The van der Waals surface area contributed by atoms with Crippen molar-refractivity contribution in [2.24, 2.45) is 16.7 Å². The Morgan fingerprint density at radius 3 is 2.69 bits per heavy atom. The average Bonchev–Trinajstić information content (AvgIpc) is 2.74. The van der Waals surface area contributed by atoms with Crippen molar-refractivity contribution in [2.75, 3.05) is 13.2 Å². The van der Waals surface area contributed by atoms with Gasteiger partial charge in [0, 0.05) is 16.7 Å². The van der Waals surface area contributed by atoms with Crippen molar-refractivity contribution in [3.63, 3.8) is 0 Å². The number of ether oxygens (including phenoxy) is 1. The van der Waals surface area contributed by atoms with E-state index in [-0.39, 0.29) is 0 Å². The molecule has 0 bridgehead atoms. The first-order valence-corrected chi connectivity index (χ1v) is 6.11. The molecule has 1 heteroatoms. The normalized spacial score (nSPS) is 47.8. The number of allylic oxidation sites excluding steroid dienone is 1. The third-order valence-electron chi connectivity index (χ3n) is 5.24. The van der Waals surface area contributed by atoms with Gasteiger partial charge in [-0.05, 0) is 11.5 Å². The molecule has 1 aromatic carbocycles. The van der Waals surface area contributed by atoms with E-state index in [9.17, 15) is 0 Å². The standard InChI is InChI=1S/C15H16O/c1-14-7-8-15(14)10-16-9-12(15)13(14)11-5-3-2-4-6-11/h2-8,12-13H,9-10H2,1H3/t12-,13-,14-,15?/m0/s1. The van der Waals surface area contributed by atoms with E-state index >= 15 is 0 Å². The van der Waals surface area contributed by atoms with Gasteiger partial charge in [0.25, 0.3) is 0 Å². The van der Waals surface area contributed by atoms with Crippen molar-refractivity contribution in [1.82, 2.24) is 0 Å². The van der Waals surface area contributed by atoms with Gasteiger partial charge in [-0.3, -0.25) is 0 Å². The van der Waals surface area contributed by atoms with Crippen molar-refractivity contribution in [2.45, 2.75) is 12.8 Å². The highest BCUT2D eigenvalue weighted by Crippen LogP contribution is 2.76. The molecule has 82 valence electrons. The second kappa shape index (κ2) is 2.60. The minimum Gasteiger partial charge on any atom is -0.380 e. The van der Waals surface area contributed by atoms with Crippen molar-refractivity contribution < 1.29 is 4.74 Å². The highest BCUT2D eigenvalue weighted by molar-refractivity contribution is 5.45. The van der Waals surface area contributed by atoms with Gasteiger partial charge >= 0.3 is 0 Å². The van der Waals surface area contributed by atoms with Crippen molar-refractivity contribution in [1.29, 1.82) is 0 Å². The Kier molecular flexibility index (Phi) is 1.46. The molecule has 2 aliphatic carbocycles. The number of benzene rings is 1. The summed E-state index contributed by atoms with van der Waals surface area (Å²) in [4.78, 5) is 0. The summed E-state index contributed by atoms with van der Waals surface area (Å²) >= 11 is 0. The van der Waals surface area contributed by atoms with Crippen LogP contribution in [0.3, 0.4) is 0 Å². The highest BCUT2D eigenvalue weighted by atomic mass is 16.5. The number of rotatable bonds is 1. The van der Waals surface area contributed by atoms with Gasteiger partial charge in [-0.25, -0.2) is 0 Å². The quantitative estimate of drug-likeness (QED) is 0.650. The van der Waals surface area contributed by atoms with Crippen molar-refractivity contribution in [3.05, 3.63) is 48.0 Å². The van der Waals surface area contributed by atoms with E-state index in [4.69, 9.17) is 4.74 Å². The first-order chi connectivity index (χ1) is 7.78. The van der Waals surface area contributed by atoms with Crippen LogP contribution in [0.15, 0.2) is 42.5 Å². The summed E-state index contributed by atoms with van der Waals surface area (Å²) in [5.74, 6) is 1.38. The van der Waals surface area contributed by atoms with E-state index < -0.39 is 0 Å². The SMILES string of the molecule is C[C@@]12C=CC13COC[C@H]3[C@@H]2c1ccccc1. The average molecular weight is 212 g/mol. The third kappa shape index (κ3) is 0.737. The predicted octanol–water partition coefficient (Wildman–Crippen LogP) is 2.99. The predicted molar refractivity (Wildman–Crippen MR) is 63.2 cm³/mol. The molecule has 16 heavy (non-hydrogen) atoms. The van der Waals surface area contributed by atoms with Gasteiger partial charge in [-0.2, -0.15) is 0 Å². The molecule has 1 saturated heterocycles. The molecule has 0 N–H and O–H groups in total. The number of hydrogen-bond donors (Lipinski definition) is 0. The van der Waals surface area contributed by atoms with Crippen LogP contribution >= 0.6 is 0 Å². The first-order valence-electron chi connectivity index (χ1n) is 6.11. The molecule has 0 aromatic heterocycles. The van der Waals surface area contributed by atoms with Crippen LogP contribution in [0.2, 0.25) is 0 Å². The lowest BCUT2D eigenvalue weighted by Crippen LogP contribution is -2.64. The summed E-state index contributed by atoms with van der Waals surface area (Å²) in [7, 11) is 0. The molecule has 1 nitrogen and oxygen atoms in total. The van der Waals surface area contributed by atoms with Crippen LogP contribution in [0.4, 0.5) is 0 Å². The largest absolute Gasteiger partial charge is 0.380 e. The monoisotopic (exact) mass is 212 g/mol. The third-order valence-corrected chi connectivity index (χ3v) is 5.24. The molecule has 1 aromatic rings. The molecule has 1 heterocycles. The van der Waals surface area contributed by atoms with E-state index in [1.165, 1.54) is 5.56 Å². The van der Waals surface area contributed by atoms with Gasteiger partial charge in [-0.15, -0.1) is 0 Å². The van der Waals surface area contributed by atoms with Crippen LogP contribution in [0, 0.1) is 16.7 Å². The van der Waals surface area contributed by atoms with E-state index in [1.54, 1.807) is 0 Å². The molecule has 0 radical (unpaired) electrons. The fourth-order valence-electron chi connectivity index (χ4n) is 4.24. The fourth-order valence-corrected chi connectivity index (χ4v) is 4.24. The lowest BCUT2D eigenvalue weighted by Gasteiger charge is -2.68.